The molecule has 3 N–H and O–H groups in total. The number of imidazole rings is 2. The monoisotopic (exact) mass is 886 g/mol. The van der Waals surface area contributed by atoms with Crippen molar-refractivity contribution >= 4 is 65.2 Å². The molecule has 0 spiro atoms. The van der Waals surface area contributed by atoms with Gasteiger partial charge in [0.05, 0.1) is 33.4 Å². The summed E-state index contributed by atoms with van der Waals surface area (Å²) in [5.74, 6) is -0.563. The van der Waals surface area contributed by atoms with Gasteiger partial charge in [0.25, 0.3) is 11.5 Å². The molecular weight excluding hydrogens is 839 g/mol. The Kier molecular flexibility index (Phi) is 11.2. The fourth-order valence-corrected chi connectivity index (χ4v) is 10.2. The number of phosphoric acid groups is 1. The molecule has 25 heteroatoms. The van der Waals surface area contributed by atoms with Crippen LogP contribution in [0.4, 0.5) is 5.82 Å². The lowest BCUT2D eigenvalue weighted by atomic mass is 10.0. The molecule has 4 unspecified atom stereocenters. The Bertz CT molecular complexity index is 2590. The van der Waals surface area contributed by atoms with Gasteiger partial charge in [0.2, 0.25) is 0 Å². The van der Waals surface area contributed by atoms with Crippen LogP contribution in [-0.2, 0) is 41.1 Å². The molecule has 1 aromatic carbocycles. The van der Waals surface area contributed by atoms with E-state index in [1.54, 1.807) is 48.7 Å². The highest BCUT2D eigenvalue weighted by Crippen LogP contribution is 2.55. The molecule has 10 atom stereocenters. The van der Waals surface area contributed by atoms with Crippen LogP contribution in [-0.4, -0.2) is 109 Å². The highest BCUT2D eigenvalue weighted by molar-refractivity contribution is 7.79. The summed E-state index contributed by atoms with van der Waals surface area (Å²) >= 11 is 0. The first-order valence-corrected chi connectivity index (χ1v) is 24.3. The number of nitrogens with zero attached hydrogens (tertiary/aromatic N) is 7. The van der Waals surface area contributed by atoms with Gasteiger partial charge in [-0.15, -0.1) is 0 Å². The highest BCUT2D eigenvalue weighted by atomic mass is 31.2. The second-order valence-electron chi connectivity index (χ2n) is 16.1. The molecule has 21 nitrogen and oxygen atoms in total. The summed E-state index contributed by atoms with van der Waals surface area (Å²) in [7, 11) is -12.6. The Morgan fingerprint density at radius 1 is 0.950 bits per heavy atom. The van der Waals surface area contributed by atoms with Gasteiger partial charge in [0.15, 0.2) is 42.7 Å². The van der Waals surface area contributed by atoms with Gasteiger partial charge in [-0.1, -0.05) is 45.9 Å². The lowest BCUT2D eigenvalue weighted by Crippen LogP contribution is -2.50. The van der Waals surface area contributed by atoms with Crippen molar-refractivity contribution in [2.24, 2.45) is 5.92 Å². The molecule has 3 fully saturated rings. The molecule has 1 amide bonds. The zero-order valence-electron chi connectivity index (χ0n) is 33.1. The van der Waals surface area contributed by atoms with Crippen molar-refractivity contribution in [2.45, 2.75) is 95.7 Å². The third-order valence-corrected chi connectivity index (χ3v) is 17.3. The number of carbonyl (C=O) groups is 1. The average Bonchev–Trinajstić information content (AvgIpc) is 3.94. The summed E-state index contributed by atoms with van der Waals surface area (Å²) in [5.41, 5.74) is 0.763. The molecule has 60 heavy (non-hydrogen) atoms. The Morgan fingerprint density at radius 2 is 1.62 bits per heavy atom. The summed E-state index contributed by atoms with van der Waals surface area (Å²) in [6.45, 7) is 12.7. The van der Waals surface area contributed by atoms with Crippen LogP contribution in [0.15, 0.2) is 54.1 Å². The van der Waals surface area contributed by atoms with Gasteiger partial charge in [0, 0.05) is 11.5 Å². The third kappa shape index (κ3) is 8.21. The van der Waals surface area contributed by atoms with Crippen molar-refractivity contribution in [1.82, 2.24) is 39.0 Å². The van der Waals surface area contributed by atoms with Crippen LogP contribution >= 0.6 is 15.3 Å². The van der Waals surface area contributed by atoms with Gasteiger partial charge in [-0.3, -0.25) is 27.8 Å². The number of rotatable bonds is 6. The lowest BCUT2D eigenvalue weighted by Gasteiger charge is -2.41. The molecule has 0 radical (unpaired) electrons. The van der Waals surface area contributed by atoms with E-state index in [4.69, 9.17) is 32.0 Å². The number of H-pyrrole nitrogens is 1. The first-order chi connectivity index (χ1) is 28.2. The predicted molar refractivity (Wildman–Crippen MR) is 221 cm³/mol. The molecule has 7 heterocycles. The number of anilines is 1. The third-order valence-electron chi connectivity index (χ3n) is 11.1. The first-order valence-electron chi connectivity index (χ1n) is 18.8. The largest absolute Gasteiger partial charge is 0.472 e. The number of fused-ring (bicyclic) bond motifs is 5. The summed E-state index contributed by atoms with van der Waals surface area (Å²) in [4.78, 5) is 61.7. The number of hydrogen-bond acceptors (Lipinski definition) is 16. The number of aromatic amines is 1. The number of carbonyl (C=O) groups excluding carboxylic acids is 1. The fraction of sp³-hybridized carbons (Fsp3) is 0.514. The predicted octanol–water partition coefficient (Wildman–Crippen LogP) is 3.73. The molecule has 3 saturated heterocycles. The molecule has 0 aliphatic carbocycles. The van der Waals surface area contributed by atoms with E-state index < -0.39 is 98.1 Å². The molecule has 3 aliphatic heterocycles. The Morgan fingerprint density at radius 3 is 2.33 bits per heavy atom. The second kappa shape index (κ2) is 15.7. The van der Waals surface area contributed by atoms with Crippen LogP contribution < -0.4 is 10.9 Å². The van der Waals surface area contributed by atoms with Crippen molar-refractivity contribution < 1.29 is 50.8 Å². The van der Waals surface area contributed by atoms with Gasteiger partial charge in [-0.25, -0.2) is 29.5 Å². The van der Waals surface area contributed by atoms with E-state index in [2.05, 4.69) is 56.0 Å². The average molecular weight is 887 g/mol. The number of aryl methyl sites for hydroxylation is 1. The van der Waals surface area contributed by atoms with Crippen LogP contribution in [0.2, 0.25) is 18.1 Å². The maximum absolute atomic E-state index is 14.6. The number of amides is 1. The Hall–Kier alpha value is -3.99. The van der Waals surface area contributed by atoms with Crippen LogP contribution in [0.25, 0.3) is 22.3 Å². The van der Waals surface area contributed by atoms with Crippen molar-refractivity contribution in [3.05, 3.63) is 71.1 Å². The molecule has 5 aromatic rings. The summed E-state index contributed by atoms with van der Waals surface area (Å²) in [6.07, 6.45) is -3.26. The SMILES string of the molecule is [BH3-]P1(=O)OC[C@H]2O[C@@H](n3cnc4c(NC(=O)c5ccccc5)ncnc43)C(C)[C@H]2OP(=O)(O)OC[C@H]2O[C@@H](n3cnc4c(=O)[nH]c(C)nc43)[C@@H](O1)C2O[Si](C)(C)C(C)(C)C. The van der Waals surface area contributed by atoms with Crippen LogP contribution in [0.5, 0.6) is 0 Å². The minimum Gasteiger partial charge on any atom is -0.408 e. The number of hydrogen-bond donors (Lipinski definition) is 3. The van der Waals surface area contributed by atoms with E-state index in [1.807, 2.05) is 13.1 Å². The van der Waals surface area contributed by atoms with Gasteiger partial charge >= 0.3 is 7.82 Å². The Balaban J connectivity index is 1.12. The maximum atomic E-state index is 14.6. The number of nitrogens with one attached hydrogen (secondary N) is 2. The summed E-state index contributed by atoms with van der Waals surface area (Å²) in [5, 5.41) is 2.48. The molecule has 8 rings (SSSR count). The second-order valence-corrected chi connectivity index (χ2v) is 23.2. The highest BCUT2D eigenvalue weighted by Gasteiger charge is 2.55. The van der Waals surface area contributed by atoms with Crippen LogP contribution in [0.3, 0.4) is 0 Å². The number of phosphoric ester groups is 1. The van der Waals surface area contributed by atoms with Crippen molar-refractivity contribution in [3.63, 3.8) is 0 Å². The molecule has 4 aromatic heterocycles. The summed E-state index contributed by atoms with van der Waals surface area (Å²) in [6, 6.07) is 8.62. The van der Waals surface area contributed by atoms with Gasteiger partial charge in [0.1, 0.15) is 56.4 Å². The molecule has 3 aliphatic rings. The van der Waals surface area contributed by atoms with E-state index in [1.165, 1.54) is 23.5 Å². The van der Waals surface area contributed by atoms with E-state index >= 15 is 0 Å². The van der Waals surface area contributed by atoms with E-state index in [9.17, 15) is 23.6 Å². The Labute approximate surface area is 345 Å². The topological polar surface area (TPSA) is 255 Å². The van der Waals surface area contributed by atoms with Gasteiger partial charge in [-0.05, 0) is 37.2 Å². The zero-order chi connectivity index (χ0) is 42.9. The number of aromatic nitrogens is 8. The molecular formula is C35H47BN9O12P2Si-. The molecule has 2 bridgehead atoms. The molecule has 322 valence electrons. The van der Waals surface area contributed by atoms with Gasteiger partial charge in [-0.2, -0.15) is 0 Å². The lowest BCUT2D eigenvalue weighted by molar-refractivity contribution is -0.0618. The maximum Gasteiger partial charge on any atom is 0.472 e. The minimum absolute atomic E-state index is 0.0448. The van der Waals surface area contributed by atoms with Crippen molar-refractivity contribution in [1.29, 1.82) is 0 Å². The first kappa shape index (κ1) is 42.7. The number of ether oxygens (including phenoxy) is 2. The smallest absolute Gasteiger partial charge is 0.408 e. The van der Waals surface area contributed by atoms with Crippen LogP contribution in [0.1, 0.15) is 56.3 Å². The number of benzene rings is 1. The van der Waals surface area contributed by atoms with Crippen molar-refractivity contribution in [3.8, 4) is 0 Å². The zero-order valence-corrected chi connectivity index (χ0v) is 35.9. The van der Waals surface area contributed by atoms with E-state index in [0.717, 1.165) is 0 Å². The van der Waals surface area contributed by atoms with Crippen molar-refractivity contribution in [2.75, 3.05) is 18.5 Å². The van der Waals surface area contributed by atoms with Gasteiger partial charge < -0.3 is 42.7 Å². The minimum atomic E-state index is -4.90. The van der Waals surface area contributed by atoms with E-state index in [0.29, 0.717) is 17.0 Å². The fourth-order valence-electron chi connectivity index (χ4n) is 7.07. The van der Waals surface area contributed by atoms with Crippen LogP contribution in [0, 0.1) is 12.8 Å². The summed E-state index contributed by atoms with van der Waals surface area (Å²) < 4.78 is 75.9. The standard InChI is InChI=1S/C35H47BN9O12P2Si/c1-18-25-21(53-33(18)44-16-39-23-28(37-15-38-29(23)44)43-31(46)20-11-9-8-10-12-20)13-51-58(36,48)55-27-26(57-60(6,7)35(3,4)5)22(14-52-59(49,50)56-25)54-34(27)45-17-40-24-30(45)41-19(2)42-32(24)47/h8-12,15-18,21-22,25-27,33-34H,13-14H2,1-7,36H3,(H,49,50)(H,41,42,47)(H,37,38,43,46)/q-1/t18?,21-,22-,25-,26?,27+,33-,34-,58?/m1/s1. The van der Waals surface area contributed by atoms with E-state index in [-0.39, 0.29) is 34.1 Å². The molecule has 0 saturated carbocycles. The quantitative estimate of drug-likeness (QED) is 0.162. The normalized spacial score (nSPS) is 31.7.